The Morgan fingerprint density at radius 3 is 1.72 bits per heavy atom. The van der Waals surface area contributed by atoms with Crippen LogP contribution in [-0.2, 0) is 4.57 Å². The molecule has 0 aliphatic heterocycles. The SMILES string of the molecule is O=P(c1ccccc1)(c1ccccc1)c1ccc(-c2cccc3c2nc(-c2ccccc2)c2ccc4oc5ccccc5c4c23)cc1. The van der Waals surface area contributed by atoms with Crippen LogP contribution in [-0.4, -0.2) is 4.98 Å². The summed E-state index contributed by atoms with van der Waals surface area (Å²) in [5.41, 5.74) is 6.67. The topological polar surface area (TPSA) is 43.1 Å². The van der Waals surface area contributed by atoms with Gasteiger partial charge < -0.3 is 8.98 Å². The van der Waals surface area contributed by atoms with E-state index in [4.69, 9.17) is 9.40 Å². The van der Waals surface area contributed by atoms with Gasteiger partial charge in [-0.3, -0.25) is 0 Å². The summed E-state index contributed by atoms with van der Waals surface area (Å²) in [6, 6.07) is 57.1. The van der Waals surface area contributed by atoms with E-state index in [1.165, 1.54) is 0 Å². The van der Waals surface area contributed by atoms with Crippen LogP contribution in [0.3, 0.4) is 0 Å². The monoisotopic (exact) mass is 621 g/mol. The molecule has 0 bridgehead atoms. The van der Waals surface area contributed by atoms with E-state index in [2.05, 4.69) is 78.9 Å². The Hall–Kier alpha value is -5.76. The fraction of sp³-hybridized carbons (Fsp3) is 0. The van der Waals surface area contributed by atoms with E-state index in [9.17, 15) is 0 Å². The average Bonchev–Trinajstić information content (AvgIpc) is 3.54. The first-order valence-electron chi connectivity index (χ1n) is 15.7. The molecule has 0 saturated carbocycles. The maximum atomic E-state index is 15.0. The van der Waals surface area contributed by atoms with E-state index < -0.39 is 7.14 Å². The molecule has 47 heavy (non-hydrogen) atoms. The molecule has 3 nitrogen and oxygen atoms in total. The molecule has 0 atom stereocenters. The molecule has 9 rings (SSSR count). The van der Waals surface area contributed by atoms with Gasteiger partial charge in [-0.25, -0.2) is 4.98 Å². The highest BCUT2D eigenvalue weighted by molar-refractivity contribution is 7.85. The molecule has 0 amide bonds. The van der Waals surface area contributed by atoms with Crippen molar-refractivity contribution in [3.05, 3.63) is 170 Å². The van der Waals surface area contributed by atoms with E-state index >= 15 is 4.57 Å². The lowest BCUT2D eigenvalue weighted by molar-refractivity contribution is 0.592. The quantitative estimate of drug-likeness (QED) is 0.142. The molecule has 0 unspecified atom stereocenters. The van der Waals surface area contributed by atoms with Gasteiger partial charge in [0, 0.05) is 54.0 Å². The largest absolute Gasteiger partial charge is 0.456 e. The zero-order chi connectivity index (χ0) is 31.4. The third-order valence-electron chi connectivity index (χ3n) is 9.16. The van der Waals surface area contributed by atoms with Crippen molar-refractivity contribution < 1.29 is 8.98 Å². The van der Waals surface area contributed by atoms with Crippen molar-refractivity contribution in [1.82, 2.24) is 4.98 Å². The summed E-state index contributed by atoms with van der Waals surface area (Å²) in [7, 11) is -3.09. The van der Waals surface area contributed by atoms with E-state index in [-0.39, 0.29) is 0 Å². The molecular weight excluding hydrogens is 593 g/mol. The van der Waals surface area contributed by atoms with Crippen molar-refractivity contribution in [2.24, 2.45) is 0 Å². The average molecular weight is 622 g/mol. The predicted molar refractivity (Wildman–Crippen MR) is 197 cm³/mol. The summed E-state index contributed by atoms with van der Waals surface area (Å²) in [6.45, 7) is 0. The molecule has 0 N–H and O–H groups in total. The number of aromatic nitrogens is 1. The molecule has 0 spiro atoms. The molecule has 0 radical (unpaired) electrons. The third kappa shape index (κ3) is 4.35. The van der Waals surface area contributed by atoms with Crippen LogP contribution in [0.15, 0.2) is 174 Å². The number of fused-ring (bicyclic) bond motifs is 7. The summed E-state index contributed by atoms with van der Waals surface area (Å²) >= 11 is 0. The Morgan fingerprint density at radius 1 is 0.426 bits per heavy atom. The van der Waals surface area contributed by atoms with Crippen molar-refractivity contribution in [2.75, 3.05) is 0 Å². The van der Waals surface area contributed by atoms with Gasteiger partial charge in [0.25, 0.3) is 0 Å². The minimum atomic E-state index is -3.09. The second kappa shape index (κ2) is 10.9. The minimum absolute atomic E-state index is 0.800. The summed E-state index contributed by atoms with van der Waals surface area (Å²) in [5.74, 6) is 0. The zero-order valence-corrected chi connectivity index (χ0v) is 26.3. The Labute approximate surface area is 272 Å². The van der Waals surface area contributed by atoms with Gasteiger partial charge >= 0.3 is 0 Å². The first-order chi connectivity index (χ1) is 23.2. The van der Waals surface area contributed by atoms with Crippen molar-refractivity contribution in [3.63, 3.8) is 0 Å². The van der Waals surface area contributed by atoms with Crippen LogP contribution in [0.1, 0.15) is 0 Å². The fourth-order valence-corrected chi connectivity index (χ4v) is 9.60. The minimum Gasteiger partial charge on any atom is -0.456 e. The Morgan fingerprint density at radius 2 is 1.02 bits per heavy atom. The molecule has 2 aromatic heterocycles. The molecule has 9 aromatic rings. The molecule has 0 aliphatic rings. The number of benzene rings is 7. The fourth-order valence-electron chi connectivity index (χ4n) is 6.95. The highest BCUT2D eigenvalue weighted by Crippen LogP contribution is 2.45. The molecule has 0 aliphatic carbocycles. The number of para-hydroxylation sites is 2. The molecule has 7 aromatic carbocycles. The lowest BCUT2D eigenvalue weighted by atomic mass is 9.93. The van der Waals surface area contributed by atoms with Gasteiger partial charge in [0.15, 0.2) is 7.14 Å². The molecule has 4 heteroatoms. The lowest BCUT2D eigenvalue weighted by Crippen LogP contribution is -2.24. The molecular formula is C43H28NO2P. The highest BCUT2D eigenvalue weighted by Gasteiger charge is 2.29. The predicted octanol–water partition coefficient (Wildman–Crippen LogP) is 10.3. The van der Waals surface area contributed by atoms with Crippen LogP contribution in [0.25, 0.3) is 66.0 Å². The van der Waals surface area contributed by atoms with Crippen LogP contribution in [0.2, 0.25) is 0 Å². The number of nitrogens with zero attached hydrogens (tertiary/aromatic N) is 1. The maximum Gasteiger partial charge on any atom is 0.171 e. The van der Waals surface area contributed by atoms with Crippen LogP contribution in [0, 0.1) is 0 Å². The summed E-state index contributed by atoms with van der Waals surface area (Å²) in [6.07, 6.45) is 0. The van der Waals surface area contributed by atoms with E-state index in [1.807, 2.05) is 91.0 Å². The summed E-state index contributed by atoms with van der Waals surface area (Å²) < 4.78 is 21.4. The van der Waals surface area contributed by atoms with Gasteiger partial charge in [-0.2, -0.15) is 0 Å². The third-order valence-corrected chi connectivity index (χ3v) is 12.2. The number of rotatable bonds is 5. The first-order valence-corrected chi connectivity index (χ1v) is 17.5. The number of hydrogen-bond donors (Lipinski definition) is 0. The number of pyridine rings is 1. The van der Waals surface area contributed by atoms with Crippen LogP contribution >= 0.6 is 7.14 Å². The van der Waals surface area contributed by atoms with E-state index in [0.29, 0.717) is 0 Å². The number of furan rings is 1. The van der Waals surface area contributed by atoms with Gasteiger partial charge in [0.05, 0.1) is 11.2 Å². The van der Waals surface area contributed by atoms with Gasteiger partial charge in [-0.15, -0.1) is 0 Å². The second-order valence-electron chi connectivity index (χ2n) is 11.8. The Bertz CT molecular complexity index is 2590. The highest BCUT2D eigenvalue weighted by atomic mass is 31.2. The Kier molecular flexibility index (Phi) is 6.41. The first kappa shape index (κ1) is 27.5. The number of hydrogen-bond acceptors (Lipinski definition) is 3. The lowest BCUT2D eigenvalue weighted by Gasteiger charge is -2.20. The molecule has 222 valence electrons. The standard InChI is InChI=1S/C43H28NO2P/c45-47(31-15-6-2-7-16-31,32-17-8-3-9-18-32)33-25-23-29(24-26-33)34-20-12-21-36-40-37(42(44-43(34)36)30-13-4-1-5-14-30)27-28-39-41(40)35-19-10-11-22-38(35)46-39/h1-28H. The van der Waals surface area contributed by atoms with Crippen molar-refractivity contribution in [1.29, 1.82) is 0 Å². The van der Waals surface area contributed by atoms with Gasteiger partial charge in [-0.05, 0) is 23.8 Å². The van der Waals surface area contributed by atoms with Gasteiger partial charge in [0.2, 0.25) is 0 Å². The van der Waals surface area contributed by atoms with Crippen molar-refractivity contribution in [3.8, 4) is 22.4 Å². The van der Waals surface area contributed by atoms with Gasteiger partial charge in [0.1, 0.15) is 11.2 Å². The Balaban J connectivity index is 1.30. The zero-order valence-electron chi connectivity index (χ0n) is 25.4. The maximum absolute atomic E-state index is 15.0. The van der Waals surface area contributed by atoms with Crippen LogP contribution < -0.4 is 15.9 Å². The summed E-state index contributed by atoms with van der Waals surface area (Å²) in [5, 5.41) is 7.91. The normalized spacial score (nSPS) is 11.9. The van der Waals surface area contributed by atoms with E-state index in [0.717, 1.165) is 81.9 Å². The van der Waals surface area contributed by atoms with E-state index in [1.54, 1.807) is 0 Å². The second-order valence-corrected chi connectivity index (χ2v) is 14.6. The van der Waals surface area contributed by atoms with Crippen molar-refractivity contribution >= 4 is 66.7 Å². The molecule has 0 fully saturated rings. The van der Waals surface area contributed by atoms with Gasteiger partial charge in [-0.1, -0.05) is 152 Å². The van der Waals surface area contributed by atoms with Crippen molar-refractivity contribution in [2.45, 2.75) is 0 Å². The molecule has 2 heterocycles. The smallest absolute Gasteiger partial charge is 0.171 e. The molecule has 0 saturated heterocycles. The van der Waals surface area contributed by atoms with Crippen LogP contribution in [0.5, 0.6) is 0 Å². The summed E-state index contributed by atoms with van der Waals surface area (Å²) in [4.78, 5) is 5.40. The van der Waals surface area contributed by atoms with Crippen LogP contribution in [0.4, 0.5) is 0 Å².